The summed E-state index contributed by atoms with van der Waals surface area (Å²) >= 11 is 2.79. The number of hydrogen-bond acceptors (Lipinski definition) is 9. The van der Waals surface area contributed by atoms with Gasteiger partial charge in [0.15, 0.2) is 10.2 Å². The van der Waals surface area contributed by atoms with Crippen molar-refractivity contribution < 1.29 is 14.1 Å². The monoisotopic (exact) mass is 396 g/mol. The molecular weight excluding hydrogens is 376 g/mol. The first-order chi connectivity index (χ1) is 12.5. The van der Waals surface area contributed by atoms with Gasteiger partial charge in [-0.2, -0.15) is 0 Å². The number of thioether (sulfide) groups is 1. The maximum atomic E-state index is 11.9. The Kier molecular flexibility index (Phi) is 6.09. The van der Waals surface area contributed by atoms with Crippen molar-refractivity contribution in [3.63, 3.8) is 0 Å². The third-order valence-corrected chi connectivity index (χ3v) is 5.94. The average Bonchev–Trinajstić information content (AvgIpc) is 3.28. The summed E-state index contributed by atoms with van der Waals surface area (Å²) in [5.74, 6) is 1.28. The van der Waals surface area contributed by atoms with E-state index in [1.165, 1.54) is 23.1 Å². The molecule has 1 aliphatic rings. The highest BCUT2D eigenvalue weighted by Crippen LogP contribution is 2.28. The van der Waals surface area contributed by atoms with Crippen LogP contribution in [0.1, 0.15) is 19.1 Å². The minimum absolute atomic E-state index is 0.174. The summed E-state index contributed by atoms with van der Waals surface area (Å²) in [4.78, 5) is 27.7. The number of piperazine rings is 1. The van der Waals surface area contributed by atoms with Gasteiger partial charge in [-0.25, -0.2) is 0 Å². The summed E-state index contributed by atoms with van der Waals surface area (Å²) in [5, 5.41) is 15.6. The zero-order valence-electron chi connectivity index (χ0n) is 14.6. The quantitative estimate of drug-likeness (QED) is 0.735. The van der Waals surface area contributed by atoms with E-state index < -0.39 is 0 Å². The summed E-state index contributed by atoms with van der Waals surface area (Å²) in [7, 11) is 0. The lowest BCUT2D eigenvalue weighted by molar-refractivity contribution is -0.131. The first kappa shape index (κ1) is 18.6. The molecule has 1 saturated heterocycles. The smallest absolute Gasteiger partial charge is 0.236 e. The molecule has 3 rings (SSSR count). The number of aromatic nitrogens is 3. The fraction of sp³-hybridized carbons (Fsp3) is 0.533. The van der Waals surface area contributed by atoms with Crippen LogP contribution in [-0.4, -0.2) is 64.0 Å². The van der Waals surface area contributed by atoms with E-state index in [0.717, 1.165) is 22.6 Å². The summed E-state index contributed by atoms with van der Waals surface area (Å²) in [6.07, 6.45) is 0.537. The zero-order chi connectivity index (χ0) is 18.5. The van der Waals surface area contributed by atoms with E-state index in [4.69, 9.17) is 4.52 Å². The zero-order valence-corrected chi connectivity index (χ0v) is 16.2. The molecule has 0 saturated carbocycles. The molecule has 0 aliphatic carbocycles. The molecule has 0 unspecified atom stereocenters. The molecular formula is C15H20N6O3S2. The highest BCUT2D eigenvalue weighted by Gasteiger charge is 2.22. The van der Waals surface area contributed by atoms with Gasteiger partial charge in [0.1, 0.15) is 5.76 Å². The fourth-order valence-corrected chi connectivity index (χ4v) is 4.18. The maximum Gasteiger partial charge on any atom is 0.236 e. The molecule has 3 heterocycles. The van der Waals surface area contributed by atoms with Crippen molar-refractivity contribution in [1.82, 2.24) is 20.3 Å². The van der Waals surface area contributed by atoms with Crippen LogP contribution in [-0.2, 0) is 9.59 Å². The van der Waals surface area contributed by atoms with E-state index in [-0.39, 0.29) is 17.6 Å². The standard InChI is InChI=1S/C15H20N6O3S2/c1-3-13(23)20-4-6-21(7-5-20)14-17-18-15(26-14)25-9-12(22)16-11-8-10(2)24-19-11/h8H,3-7,9H2,1-2H3,(H,16,19,22). The van der Waals surface area contributed by atoms with Crippen LogP contribution in [0, 0.1) is 6.92 Å². The molecule has 2 aromatic rings. The Labute approximate surface area is 159 Å². The van der Waals surface area contributed by atoms with Gasteiger partial charge in [0.05, 0.1) is 5.75 Å². The van der Waals surface area contributed by atoms with Crippen LogP contribution in [0.2, 0.25) is 0 Å². The number of nitrogens with one attached hydrogen (secondary N) is 1. The van der Waals surface area contributed by atoms with E-state index in [1.807, 2.05) is 11.8 Å². The topological polar surface area (TPSA) is 104 Å². The lowest BCUT2D eigenvalue weighted by Crippen LogP contribution is -2.48. The molecule has 0 spiro atoms. The minimum Gasteiger partial charge on any atom is -0.360 e. The number of rotatable bonds is 6. The molecule has 0 radical (unpaired) electrons. The predicted octanol–water partition coefficient (Wildman–Crippen LogP) is 1.62. The number of hydrogen-bond donors (Lipinski definition) is 1. The van der Waals surface area contributed by atoms with E-state index in [9.17, 15) is 9.59 Å². The van der Waals surface area contributed by atoms with E-state index in [0.29, 0.717) is 31.1 Å². The van der Waals surface area contributed by atoms with Crippen LogP contribution in [0.3, 0.4) is 0 Å². The second kappa shape index (κ2) is 8.49. The summed E-state index contributed by atoms with van der Waals surface area (Å²) in [6, 6.07) is 1.66. The Morgan fingerprint density at radius 2 is 2.08 bits per heavy atom. The van der Waals surface area contributed by atoms with Gasteiger partial charge in [-0.05, 0) is 6.92 Å². The van der Waals surface area contributed by atoms with Crippen molar-refractivity contribution in [2.75, 3.05) is 42.1 Å². The van der Waals surface area contributed by atoms with Gasteiger partial charge in [0.25, 0.3) is 0 Å². The molecule has 2 aromatic heterocycles. The van der Waals surface area contributed by atoms with Crippen molar-refractivity contribution >= 4 is 45.9 Å². The van der Waals surface area contributed by atoms with Gasteiger partial charge in [-0.1, -0.05) is 35.2 Å². The van der Waals surface area contributed by atoms with Crippen LogP contribution >= 0.6 is 23.1 Å². The summed E-state index contributed by atoms with van der Waals surface area (Å²) < 4.78 is 5.64. The van der Waals surface area contributed by atoms with E-state index in [2.05, 4.69) is 25.6 Å². The average molecular weight is 396 g/mol. The maximum absolute atomic E-state index is 11.9. The van der Waals surface area contributed by atoms with Crippen molar-refractivity contribution in [2.24, 2.45) is 0 Å². The van der Waals surface area contributed by atoms with Gasteiger partial charge in [0.2, 0.25) is 16.9 Å². The Balaban J connectivity index is 1.46. The third-order valence-electron chi connectivity index (χ3n) is 3.82. The lowest BCUT2D eigenvalue weighted by Gasteiger charge is -2.34. The minimum atomic E-state index is -0.174. The van der Waals surface area contributed by atoms with Crippen LogP contribution < -0.4 is 10.2 Å². The largest absolute Gasteiger partial charge is 0.360 e. The second-order valence-electron chi connectivity index (χ2n) is 5.73. The van der Waals surface area contributed by atoms with E-state index >= 15 is 0 Å². The molecule has 11 heteroatoms. The van der Waals surface area contributed by atoms with Crippen molar-refractivity contribution in [3.8, 4) is 0 Å². The number of aryl methyl sites for hydroxylation is 1. The molecule has 140 valence electrons. The Morgan fingerprint density at radius 3 is 2.73 bits per heavy atom. The Hall–Kier alpha value is -2.14. The highest BCUT2D eigenvalue weighted by molar-refractivity contribution is 8.01. The van der Waals surface area contributed by atoms with Gasteiger partial charge in [0, 0.05) is 38.7 Å². The fourth-order valence-electron chi connectivity index (χ4n) is 2.49. The van der Waals surface area contributed by atoms with Crippen molar-refractivity contribution in [2.45, 2.75) is 24.6 Å². The number of carbonyl (C=O) groups excluding carboxylic acids is 2. The molecule has 1 aliphatic heterocycles. The molecule has 0 bridgehead atoms. The Bertz CT molecular complexity index is 769. The Morgan fingerprint density at radius 1 is 1.31 bits per heavy atom. The normalized spacial score (nSPS) is 14.5. The molecule has 1 fully saturated rings. The number of anilines is 2. The van der Waals surface area contributed by atoms with Crippen LogP contribution in [0.15, 0.2) is 14.9 Å². The lowest BCUT2D eigenvalue weighted by atomic mass is 10.3. The molecule has 26 heavy (non-hydrogen) atoms. The van der Waals surface area contributed by atoms with Gasteiger partial charge in [-0.15, -0.1) is 10.2 Å². The van der Waals surface area contributed by atoms with Crippen LogP contribution in [0.4, 0.5) is 10.9 Å². The third kappa shape index (κ3) is 4.73. The molecule has 1 N–H and O–H groups in total. The van der Waals surface area contributed by atoms with Crippen LogP contribution in [0.5, 0.6) is 0 Å². The first-order valence-electron chi connectivity index (χ1n) is 8.27. The van der Waals surface area contributed by atoms with Gasteiger partial charge in [-0.3, -0.25) is 9.59 Å². The summed E-state index contributed by atoms with van der Waals surface area (Å²) in [5.41, 5.74) is 0. The number of nitrogens with zero attached hydrogens (tertiary/aromatic N) is 5. The molecule has 0 atom stereocenters. The van der Waals surface area contributed by atoms with Gasteiger partial charge >= 0.3 is 0 Å². The molecule has 9 nitrogen and oxygen atoms in total. The molecule has 2 amide bonds. The SMILES string of the molecule is CCC(=O)N1CCN(c2nnc(SCC(=O)Nc3cc(C)on3)s2)CC1. The van der Waals surface area contributed by atoms with Crippen molar-refractivity contribution in [1.29, 1.82) is 0 Å². The van der Waals surface area contributed by atoms with E-state index in [1.54, 1.807) is 13.0 Å². The highest BCUT2D eigenvalue weighted by atomic mass is 32.2. The first-order valence-corrected chi connectivity index (χ1v) is 10.1. The number of carbonyl (C=O) groups is 2. The second-order valence-corrected chi connectivity index (χ2v) is 7.91. The predicted molar refractivity (Wildman–Crippen MR) is 99.6 cm³/mol. The van der Waals surface area contributed by atoms with Crippen molar-refractivity contribution in [3.05, 3.63) is 11.8 Å². The molecule has 0 aromatic carbocycles. The summed E-state index contributed by atoms with van der Waals surface area (Å²) in [6.45, 7) is 6.54. The van der Waals surface area contributed by atoms with Gasteiger partial charge < -0.3 is 19.6 Å². The number of amides is 2. The van der Waals surface area contributed by atoms with Crippen LogP contribution in [0.25, 0.3) is 0 Å².